The number of nitro benzene ring substituents is 1. The number of fused-ring (bicyclic) bond motifs is 1. The van der Waals surface area contributed by atoms with Gasteiger partial charge < -0.3 is 9.72 Å². The number of aromatic amines is 1. The van der Waals surface area contributed by atoms with Gasteiger partial charge in [0, 0.05) is 23.0 Å². The van der Waals surface area contributed by atoms with E-state index in [0.717, 1.165) is 10.9 Å². The second kappa shape index (κ2) is 5.69. The smallest absolute Gasteiger partial charge is 0.355 e. The van der Waals surface area contributed by atoms with Crippen LogP contribution in [-0.2, 0) is 11.3 Å². The van der Waals surface area contributed by atoms with E-state index in [1.54, 1.807) is 18.2 Å². The molecule has 1 aromatic heterocycles. The zero-order valence-corrected chi connectivity index (χ0v) is 11.5. The summed E-state index contributed by atoms with van der Waals surface area (Å²) in [7, 11) is 0. The third kappa shape index (κ3) is 2.80. The van der Waals surface area contributed by atoms with Gasteiger partial charge in [-0.05, 0) is 29.8 Å². The van der Waals surface area contributed by atoms with E-state index in [4.69, 9.17) is 4.74 Å². The predicted octanol–water partition coefficient (Wildman–Crippen LogP) is 3.43. The van der Waals surface area contributed by atoms with Crippen LogP contribution in [0.2, 0.25) is 0 Å². The van der Waals surface area contributed by atoms with E-state index >= 15 is 0 Å². The summed E-state index contributed by atoms with van der Waals surface area (Å²) in [6.07, 6.45) is 0. The van der Waals surface area contributed by atoms with Crippen LogP contribution in [0.15, 0.2) is 54.6 Å². The molecule has 0 saturated carbocycles. The number of non-ortho nitro benzene ring substituents is 1. The van der Waals surface area contributed by atoms with Crippen LogP contribution in [0.25, 0.3) is 10.9 Å². The Hall–Kier alpha value is -3.15. The predicted molar refractivity (Wildman–Crippen MR) is 80.5 cm³/mol. The van der Waals surface area contributed by atoms with Crippen molar-refractivity contribution < 1.29 is 14.5 Å². The molecule has 0 aliphatic heterocycles. The number of carbonyl (C=O) groups excluding carboxylic acids is 1. The molecule has 1 N–H and O–H groups in total. The lowest BCUT2D eigenvalue weighted by atomic mass is 10.2. The highest BCUT2D eigenvalue weighted by Gasteiger charge is 2.11. The maximum atomic E-state index is 12.0. The number of ether oxygens (including phenoxy) is 1. The zero-order chi connectivity index (χ0) is 15.5. The number of nitrogens with one attached hydrogen (secondary N) is 1. The number of esters is 1. The van der Waals surface area contributed by atoms with Crippen LogP contribution >= 0.6 is 0 Å². The molecule has 0 radical (unpaired) electrons. The van der Waals surface area contributed by atoms with Crippen LogP contribution in [-0.4, -0.2) is 15.9 Å². The Kier molecular flexibility index (Phi) is 3.57. The number of H-pyrrole nitrogens is 1. The first-order valence-electron chi connectivity index (χ1n) is 6.62. The van der Waals surface area contributed by atoms with Gasteiger partial charge >= 0.3 is 5.97 Å². The minimum atomic E-state index is -0.472. The quantitative estimate of drug-likeness (QED) is 0.454. The standard InChI is InChI=1S/C16H12N2O4/c19-16(15-9-12-3-1-2-4-14(12)17-15)22-10-11-5-7-13(8-6-11)18(20)21/h1-9,17H,10H2. The van der Waals surface area contributed by atoms with Crippen LogP contribution in [0, 0.1) is 10.1 Å². The molecule has 6 heteroatoms. The molecule has 110 valence electrons. The van der Waals surface area contributed by atoms with Gasteiger partial charge in [0.2, 0.25) is 0 Å². The first kappa shape index (κ1) is 13.8. The van der Waals surface area contributed by atoms with Crippen LogP contribution in [0.3, 0.4) is 0 Å². The molecule has 0 aliphatic carbocycles. The number of carbonyl (C=O) groups is 1. The highest BCUT2D eigenvalue weighted by atomic mass is 16.6. The second-order valence-corrected chi connectivity index (χ2v) is 4.77. The number of hydrogen-bond acceptors (Lipinski definition) is 4. The fourth-order valence-corrected chi connectivity index (χ4v) is 2.12. The molecule has 1 heterocycles. The van der Waals surface area contributed by atoms with Crippen molar-refractivity contribution in [3.8, 4) is 0 Å². The largest absolute Gasteiger partial charge is 0.456 e. The van der Waals surface area contributed by atoms with Crippen LogP contribution < -0.4 is 0 Å². The minimum Gasteiger partial charge on any atom is -0.456 e. The van der Waals surface area contributed by atoms with E-state index in [0.29, 0.717) is 11.3 Å². The van der Waals surface area contributed by atoms with Crippen molar-refractivity contribution in [2.24, 2.45) is 0 Å². The van der Waals surface area contributed by atoms with E-state index in [1.807, 2.05) is 24.3 Å². The van der Waals surface area contributed by atoms with Crippen molar-refractivity contribution >= 4 is 22.6 Å². The van der Waals surface area contributed by atoms with Gasteiger partial charge in [-0.1, -0.05) is 18.2 Å². The Morgan fingerprint density at radius 1 is 1.14 bits per heavy atom. The van der Waals surface area contributed by atoms with E-state index in [1.165, 1.54) is 12.1 Å². The molecule has 22 heavy (non-hydrogen) atoms. The summed E-state index contributed by atoms with van der Waals surface area (Å²) in [5.74, 6) is -0.463. The molecule has 0 unspecified atom stereocenters. The number of benzene rings is 2. The van der Waals surface area contributed by atoms with Gasteiger partial charge in [-0.2, -0.15) is 0 Å². The summed E-state index contributed by atoms with van der Waals surface area (Å²) in [5, 5.41) is 11.5. The number of nitro groups is 1. The molecule has 0 spiro atoms. The Morgan fingerprint density at radius 3 is 2.55 bits per heavy atom. The maximum absolute atomic E-state index is 12.0. The van der Waals surface area contributed by atoms with Crippen molar-refractivity contribution in [2.45, 2.75) is 6.61 Å². The molecular weight excluding hydrogens is 284 g/mol. The van der Waals surface area contributed by atoms with Crippen molar-refractivity contribution in [1.82, 2.24) is 4.98 Å². The average Bonchev–Trinajstić information content (AvgIpc) is 2.97. The zero-order valence-electron chi connectivity index (χ0n) is 11.5. The summed E-state index contributed by atoms with van der Waals surface area (Å²) in [6.45, 7) is 0.0617. The molecule has 3 rings (SSSR count). The number of nitrogens with zero attached hydrogens (tertiary/aromatic N) is 1. The molecule has 3 aromatic rings. The highest BCUT2D eigenvalue weighted by molar-refractivity contribution is 5.94. The molecule has 0 aliphatic rings. The third-order valence-electron chi connectivity index (χ3n) is 3.27. The van der Waals surface area contributed by atoms with Gasteiger partial charge in [0.05, 0.1) is 4.92 Å². The first-order valence-corrected chi connectivity index (χ1v) is 6.62. The number of hydrogen-bond donors (Lipinski definition) is 1. The monoisotopic (exact) mass is 296 g/mol. The lowest BCUT2D eigenvalue weighted by Gasteiger charge is -2.03. The van der Waals surface area contributed by atoms with E-state index in [2.05, 4.69) is 4.98 Å². The third-order valence-corrected chi connectivity index (χ3v) is 3.27. The van der Waals surface area contributed by atoms with Crippen LogP contribution in [0.5, 0.6) is 0 Å². The Morgan fingerprint density at radius 2 is 1.86 bits per heavy atom. The maximum Gasteiger partial charge on any atom is 0.355 e. The van der Waals surface area contributed by atoms with Crippen molar-refractivity contribution in [2.75, 3.05) is 0 Å². The van der Waals surface area contributed by atoms with Crippen molar-refractivity contribution in [1.29, 1.82) is 0 Å². The fourth-order valence-electron chi connectivity index (χ4n) is 2.12. The number of rotatable bonds is 4. The molecule has 0 saturated heterocycles. The lowest BCUT2D eigenvalue weighted by molar-refractivity contribution is -0.384. The molecule has 0 amide bonds. The summed E-state index contributed by atoms with van der Waals surface area (Å²) >= 11 is 0. The van der Waals surface area contributed by atoms with Gasteiger partial charge in [0.15, 0.2) is 0 Å². The number of para-hydroxylation sites is 1. The van der Waals surface area contributed by atoms with E-state index in [9.17, 15) is 14.9 Å². The van der Waals surface area contributed by atoms with Crippen molar-refractivity contribution in [3.63, 3.8) is 0 Å². The summed E-state index contributed by atoms with van der Waals surface area (Å²) in [5.41, 5.74) is 1.94. The normalized spacial score (nSPS) is 10.5. The van der Waals surface area contributed by atoms with E-state index < -0.39 is 10.9 Å². The van der Waals surface area contributed by atoms with Gasteiger partial charge in [-0.15, -0.1) is 0 Å². The molecule has 2 aromatic carbocycles. The number of aromatic nitrogens is 1. The van der Waals surface area contributed by atoms with Gasteiger partial charge in [-0.25, -0.2) is 4.79 Å². The topological polar surface area (TPSA) is 85.2 Å². The summed E-state index contributed by atoms with van der Waals surface area (Å²) in [6, 6.07) is 15.2. The van der Waals surface area contributed by atoms with Gasteiger partial charge in [0.1, 0.15) is 12.3 Å². The molecule has 0 atom stereocenters. The average molecular weight is 296 g/mol. The fraction of sp³-hybridized carbons (Fsp3) is 0.0625. The van der Waals surface area contributed by atoms with Crippen LogP contribution in [0.1, 0.15) is 16.1 Å². The molecule has 6 nitrogen and oxygen atoms in total. The minimum absolute atomic E-state index is 0.00527. The molecular formula is C16H12N2O4. The Balaban J connectivity index is 1.67. The Bertz CT molecular complexity index is 804. The van der Waals surface area contributed by atoms with Crippen LogP contribution in [0.4, 0.5) is 5.69 Å². The van der Waals surface area contributed by atoms with Gasteiger partial charge in [0.25, 0.3) is 5.69 Å². The highest BCUT2D eigenvalue weighted by Crippen LogP contribution is 2.16. The molecule has 0 bridgehead atoms. The Labute approximate surface area is 125 Å². The molecule has 0 fully saturated rings. The van der Waals surface area contributed by atoms with Gasteiger partial charge in [-0.3, -0.25) is 10.1 Å². The second-order valence-electron chi connectivity index (χ2n) is 4.77. The summed E-state index contributed by atoms with van der Waals surface area (Å²) in [4.78, 5) is 25.1. The van der Waals surface area contributed by atoms with E-state index in [-0.39, 0.29) is 12.3 Å². The first-order chi connectivity index (χ1) is 10.6. The van der Waals surface area contributed by atoms with Crippen molar-refractivity contribution in [3.05, 3.63) is 76.0 Å². The SMILES string of the molecule is O=C(OCc1ccc([N+](=O)[O-])cc1)c1cc2ccccc2[nH]1. The summed E-state index contributed by atoms with van der Waals surface area (Å²) < 4.78 is 5.20. The lowest BCUT2D eigenvalue weighted by Crippen LogP contribution is -2.05.